The van der Waals surface area contributed by atoms with Crippen LogP contribution in [0.25, 0.3) is 0 Å². The molecular formula is C22H20F2N2O4S2. The van der Waals surface area contributed by atoms with Gasteiger partial charge in [0.15, 0.2) is 26.5 Å². The van der Waals surface area contributed by atoms with Crippen LogP contribution in [0.2, 0.25) is 0 Å². The van der Waals surface area contributed by atoms with Crippen molar-refractivity contribution < 1.29 is 26.7 Å². The minimum atomic E-state index is -3.75. The Balaban J connectivity index is 1.77. The van der Waals surface area contributed by atoms with Gasteiger partial charge in [-0.2, -0.15) is 0 Å². The number of nitrogens with one attached hydrogen (secondary N) is 1. The number of aromatic nitrogens is 1. The Bertz CT molecular complexity index is 1210. The molecule has 168 valence electrons. The number of nitrogens with zero attached hydrogens (tertiary/aromatic N) is 1. The van der Waals surface area contributed by atoms with Crippen molar-refractivity contribution in [2.45, 2.75) is 41.9 Å². The van der Waals surface area contributed by atoms with Gasteiger partial charge in [0.25, 0.3) is 5.91 Å². The van der Waals surface area contributed by atoms with Crippen molar-refractivity contribution >= 4 is 32.2 Å². The molecule has 1 aromatic heterocycles. The Morgan fingerprint density at radius 1 is 1.16 bits per heavy atom. The van der Waals surface area contributed by atoms with Crippen molar-refractivity contribution in [3.05, 3.63) is 71.2 Å². The summed E-state index contributed by atoms with van der Waals surface area (Å²) in [7, 11) is -3.75. The minimum Gasteiger partial charge on any atom is -0.473 e. The molecule has 1 aliphatic rings. The molecule has 0 aliphatic heterocycles. The average molecular weight is 479 g/mol. The van der Waals surface area contributed by atoms with E-state index < -0.39 is 38.7 Å². The second kappa shape index (κ2) is 9.33. The van der Waals surface area contributed by atoms with Gasteiger partial charge in [-0.1, -0.05) is 31.0 Å². The van der Waals surface area contributed by atoms with E-state index in [0.29, 0.717) is 18.9 Å². The summed E-state index contributed by atoms with van der Waals surface area (Å²) in [5.74, 6) is -2.91. The topological polar surface area (TPSA) is 85.4 Å². The van der Waals surface area contributed by atoms with E-state index in [1.807, 2.05) is 0 Å². The van der Waals surface area contributed by atoms with E-state index in [0.717, 1.165) is 36.3 Å². The Morgan fingerprint density at radius 3 is 2.59 bits per heavy atom. The van der Waals surface area contributed by atoms with E-state index in [4.69, 9.17) is 4.74 Å². The normalized spacial score (nSPS) is 15.4. The maximum absolute atomic E-state index is 14.3. The predicted octanol–water partition coefficient (Wildman–Crippen LogP) is 4.90. The molecule has 6 nitrogen and oxygen atoms in total. The zero-order valence-corrected chi connectivity index (χ0v) is 18.5. The molecule has 4 rings (SSSR count). The first-order valence-corrected chi connectivity index (χ1v) is 12.4. The second-order valence-corrected chi connectivity index (χ2v) is 10.5. The molecule has 1 saturated carbocycles. The summed E-state index contributed by atoms with van der Waals surface area (Å²) in [6.45, 7) is 0. The molecule has 1 heterocycles. The first-order valence-electron chi connectivity index (χ1n) is 10.0. The van der Waals surface area contributed by atoms with Crippen LogP contribution in [0.15, 0.2) is 58.9 Å². The van der Waals surface area contributed by atoms with Gasteiger partial charge in [-0.3, -0.25) is 10.1 Å². The van der Waals surface area contributed by atoms with Crippen molar-refractivity contribution in [2.24, 2.45) is 0 Å². The number of thiazole rings is 1. The number of amides is 1. The fraction of sp³-hybridized carbons (Fsp3) is 0.273. The molecular weight excluding hydrogens is 458 g/mol. The number of halogens is 2. The van der Waals surface area contributed by atoms with E-state index in [-0.39, 0.29) is 21.3 Å². The van der Waals surface area contributed by atoms with Crippen LogP contribution < -0.4 is 10.1 Å². The lowest BCUT2D eigenvalue weighted by Gasteiger charge is -2.22. The molecule has 0 bridgehead atoms. The highest BCUT2D eigenvalue weighted by Gasteiger charge is 2.36. The number of carbonyl (C=O) groups excluding carboxylic acids is 1. The molecule has 10 heteroatoms. The average Bonchev–Trinajstić information content (AvgIpc) is 3.48. The van der Waals surface area contributed by atoms with Gasteiger partial charge in [0, 0.05) is 23.2 Å². The first-order chi connectivity index (χ1) is 15.4. The predicted molar refractivity (Wildman–Crippen MR) is 116 cm³/mol. The largest absolute Gasteiger partial charge is 0.473 e. The zero-order valence-electron chi connectivity index (χ0n) is 16.8. The van der Waals surface area contributed by atoms with Gasteiger partial charge < -0.3 is 4.74 Å². The highest BCUT2D eigenvalue weighted by molar-refractivity contribution is 7.92. The monoisotopic (exact) mass is 478 g/mol. The number of anilines is 1. The summed E-state index contributed by atoms with van der Waals surface area (Å²) < 4.78 is 60.0. The van der Waals surface area contributed by atoms with E-state index in [1.54, 1.807) is 17.5 Å². The maximum Gasteiger partial charge on any atom is 0.272 e. The molecule has 0 spiro atoms. The zero-order chi connectivity index (χ0) is 22.7. The summed E-state index contributed by atoms with van der Waals surface area (Å²) in [6, 6.07) is 8.73. The van der Waals surface area contributed by atoms with E-state index >= 15 is 0 Å². The molecule has 0 saturated heterocycles. The van der Waals surface area contributed by atoms with Crippen molar-refractivity contribution in [3.63, 3.8) is 0 Å². The standard InChI is InChI=1S/C22H20F2N2O4S2/c23-14-9-10-18(17(24)13-14)30-20(21(27)26-22-25-11-12-31-22)16-7-3-4-8-19(16)32(28,29)15-5-1-2-6-15/h3-4,7-13,15,20H,1-2,5-6H2,(H,25,26,27). The van der Waals surface area contributed by atoms with Crippen LogP contribution in [0.5, 0.6) is 5.75 Å². The number of ether oxygens (including phenoxy) is 1. The maximum atomic E-state index is 14.3. The molecule has 0 radical (unpaired) electrons. The number of carbonyl (C=O) groups is 1. The third-order valence-corrected chi connectivity index (χ3v) is 8.31. The molecule has 1 atom stereocenters. The number of sulfone groups is 1. The summed E-state index contributed by atoms with van der Waals surface area (Å²) >= 11 is 1.16. The fourth-order valence-corrected chi connectivity index (χ4v) is 6.36. The molecule has 32 heavy (non-hydrogen) atoms. The van der Waals surface area contributed by atoms with Gasteiger partial charge >= 0.3 is 0 Å². The van der Waals surface area contributed by atoms with Crippen LogP contribution in [0, 0.1) is 11.6 Å². The summed E-state index contributed by atoms with van der Waals surface area (Å²) in [6.07, 6.45) is 2.70. The lowest BCUT2D eigenvalue weighted by Crippen LogP contribution is -2.29. The molecule has 2 aromatic carbocycles. The molecule has 1 aliphatic carbocycles. The number of rotatable bonds is 7. The van der Waals surface area contributed by atoms with E-state index in [2.05, 4.69) is 10.3 Å². The van der Waals surface area contributed by atoms with Gasteiger partial charge in [0.2, 0.25) is 6.10 Å². The molecule has 1 amide bonds. The third-order valence-electron chi connectivity index (χ3n) is 5.29. The summed E-state index contributed by atoms with van der Waals surface area (Å²) in [5, 5.41) is 3.96. The van der Waals surface area contributed by atoms with Crippen LogP contribution in [0.1, 0.15) is 37.4 Å². The Labute approximate surface area is 188 Å². The van der Waals surface area contributed by atoms with Gasteiger partial charge in [0.05, 0.1) is 10.1 Å². The first kappa shape index (κ1) is 22.3. The molecule has 1 fully saturated rings. The molecule has 1 N–H and O–H groups in total. The number of hydrogen-bond acceptors (Lipinski definition) is 6. The SMILES string of the molecule is O=C(Nc1nccs1)C(Oc1ccc(F)cc1F)c1ccccc1S(=O)(=O)C1CCCC1. The number of benzene rings is 2. The fourth-order valence-electron chi connectivity index (χ4n) is 3.75. The quantitative estimate of drug-likeness (QED) is 0.522. The lowest BCUT2D eigenvalue weighted by molar-refractivity contribution is -0.123. The lowest BCUT2D eigenvalue weighted by atomic mass is 10.1. The molecule has 3 aromatic rings. The van der Waals surface area contributed by atoms with E-state index in [1.165, 1.54) is 18.3 Å². The number of hydrogen-bond donors (Lipinski definition) is 1. The van der Waals surface area contributed by atoms with E-state index in [9.17, 15) is 22.0 Å². The van der Waals surface area contributed by atoms with Crippen molar-refractivity contribution in [1.82, 2.24) is 4.98 Å². The molecule has 1 unspecified atom stereocenters. The van der Waals surface area contributed by atoms with Gasteiger partial charge in [-0.15, -0.1) is 11.3 Å². The Kier molecular flexibility index (Phi) is 6.52. The van der Waals surface area contributed by atoms with Crippen LogP contribution in [-0.4, -0.2) is 24.6 Å². The third kappa shape index (κ3) is 4.66. The smallest absolute Gasteiger partial charge is 0.272 e. The van der Waals surface area contributed by atoms with Gasteiger partial charge in [-0.25, -0.2) is 22.2 Å². The van der Waals surface area contributed by atoms with Gasteiger partial charge in [-0.05, 0) is 31.0 Å². The van der Waals surface area contributed by atoms with Crippen LogP contribution >= 0.6 is 11.3 Å². The van der Waals surface area contributed by atoms with Crippen LogP contribution in [0.4, 0.5) is 13.9 Å². The minimum absolute atomic E-state index is 0.0336. The second-order valence-electron chi connectivity index (χ2n) is 7.39. The Morgan fingerprint density at radius 2 is 1.91 bits per heavy atom. The highest BCUT2D eigenvalue weighted by atomic mass is 32.2. The van der Waals surface area contributed by atoms with Crippen LogP contribution in [-0.2, 0) is 14.6 Å². The van der Waals surface area contributed by atoms with Crippen molar-refractivity contribution in [2.75, 3.05) is 5.32 Å². The Hall–Kier alpha value is -2.85. The van der Waals surface area contributed by atoms with Crippen LogP contribution in [0.3, 0.4) is 0 Å². The van der Waals surface area contributed by atoms with Gasteiger partial charge in [0.1, 0.15) is 5.82 Å². The summed E-state index contributed by atoms with van der Waals surface area (Å²) in [5.41, 5.74) is 0.0807. The van der Waals surface area contributed by atoms with Crippen molar-refractivity contribution in [3.8, 4) is 5.75 Å². The van der Waals surface area contributed by atoms with Crippen molar-refractivity contribution in [1.29, 1.82) is 0 Å². The summed E-state index contributed by atoms with van der Waals surface area (Å²) in [4.78, 5) is 17.1. The highest BCUT2D eigenvalue weighted by Crippen LogP contribution is 2.35.